The van der Waals surface area contributed by atoms with Crippen LogP contribution in [0.1, 0.15) is 30.1 Å². The molecule has 5 N–H and O–H groups in total. The van der Waals surface area contributed by atoms with Gasteiger partial charge in [0, 0.05) is 25.2 Å². The van der Waals surface area contributed by atoms with Gasteiger partial charge >= 0.3 is 6.03 Å². The Bertz CT molecular complexity index is 526. The number of anilines is 2. The fraction of sp³-hybridized carbons (Fsp3) is 0.429. The van der Waals surface area contributed by atoms with Crippen molar-refractivity contribution < 1.29 is 9.59 Å². The number of nitrogens with one attached hydrogen (secondary N) is 3. The van der Waals surface area contributed by atoms with Gasteiger partial charge in [0.15, 0.2) is 0 Å². The average Bonchev–Trinajstić information content (AvgIpc) is 3.01. The van der Waals surface area contributed by atoms with Crippen LogP contribution in [0, 0.1) is 0 Å². The number of nitrogens with zero attached hydrogens (tertiary/aromatic N) is 1. The molecule has 21 heavy (non-hydrogen) atoms. The number of hydrogen-bond acceptors (Lipinski definition) is 4. The van der Waals surface area contributed by atoms with E-state index in [4.69, 9.17) is 5.84 Å². The number of nitrogen functional groups attached to an aromatic ring is 1. The molecular weight excluding hydrogens is 270 g/mol. The molecule has 0 saturated carbocycles. The van der Waals surface area contributed by atoms with Crippen molar-refractivity contribution in [2.24, 2.45) is 5.84 Å². The topological polar surface area (TPSA) is 99.5 Å². The molecule has 7 nitrogen and oxygen atoms in total. The summed E-state index contributed by atoms with van der Waals surface area (Å²) >= 11 is 0. The molecule has 0 unspecified atom stereocenters. The molecule has 1 aliphatic heterocycles. The second kappa shape index (κ2) is 6.94. The lowest BCUT2D eigenvalue weighted by Gasteiger charge is -2.22. The van der Waals surface area contributed by atoms with Crippen molar-refractivity contribution in [3.05, 3.63) is 23.8 Å². The first kappa shape index (κ1) is 15.1. The van der Waals surface area contributed by atoms with E-state index in [-0.39, 0.29) is 11.9 Å². The van der Waals surface area contributed by atoms with Crippen LogP contribution in [0.2, 0.25) is 0 Å². The number of urea groups is 1. The third kappa shape index (κ3) is 3.63. The molecule has 114 valence electrons. The minimum absolute atomic E-state index is 0.256. The van der Waals surface area contributed by atoms with Crippen LogP contribution in [0.5, 0.6) is 0 Å². The Kier molecular flexibility index (Phi) is 4.99. The van der Waals surface area contributed by atoms with Gasteiger partial charge in [0.2, 0.25) is 0 Å². The normalized spacial score (nSPS) is 13.9. The van der Waals surface area contributed by atoms with Crippen molar-refractivity contribution in [3.63, 3.8) is 0 Å². The zero-order valence-corrected chi connectivity index (χ0v) is 12.1. The maximum absolute atomic E-state index is 11.7. The summed E-state index contributed by atoms with van der Waals surface area (Å²) in [4.78, 5) is 25.5. The molecule has 0 aromatic heterocycles. The molecule has 1 aliphatic rings. The highest BCUT2D eigenvalue weighted by atomic mass is 16.2. The van der Waals surface area contributed by atoms with E-state index in [9.17, 15) is 9.59 Å². The zero-order chi connectivity index (χ0) is 15.2. The fourth-order valence-corrected chi connectivity index (χ4v) is 2.41. The highest BCUT2D eigenvalue weighted by molar-refractivity contribution is 5.98. The van der Waals surface area contributed by atoms with Crippen molar-refractivity contribution in [3.8, 4) is 0 Å². The maximum Gasteiger partial charge on any atom is 0.319 e. The van der Waals surface area contributed by atoms with Gasteiger partial charge in [0.05, 0.1) is 11.4 Å². The number of nitrogens with two attached hydrogens (primary N) is 1. The van der Waals surface area contributed by atoms with Crippen LogP contribution in [0.25, 0.3) is 0 Å². The van der Waals surface area contributed by atoms with Gasteiger partial charge in [-0.15, -0.1) is 0 Å². The molecule has 0 aliphatic carbocycles. The minimum atomic E-state index is -0.347. The number of hydrogen-bond donors (Lipinski definition) is 4. The number of hydrazine groups is 1. The smallest absolute Gasteiger partial charge is 0.319 e. The second-order valence-corrected chi connectivity index (χ2v) is 4.88. The monoisotopic (exact) mass is 291 g/mol. The van der Waals surface area contributed by atoms with Gasteiger partial charge in [-0.05, 0) is 38.0 Å². The number of benzene rings is 1. The van der Waals surface area contributed by atoms with Crippen LogP contribution in [0.3, 0.4) is 0 Å². The van der Waals surface area contributed by atoms with E-state index in [2.05, 4.69) is 21.0 Å². The SMILES string of the molecule is CCNC(=O)Nc1ccc(C(=O)NN)cc1N1CCCC1. The van der Waals surface area contributed by atoms with Crippen molar-refractivity contribution in [2.75, 3.05) is 29.9 Å². The van der Waals surface area contributed by atoms with Gasteiger partial charge in [-0.1, -0.05) is 0 Å². The number of carbonyl (C=O) groups is 2. The molecule has 1 fully saturated rings. The lowest BCUT2D eigenvalue weighted by Crippen LogP contribution is -2.31. The Hall–Kier alpha value is -2.28. The maximum atomic E-state index is 11.7. The van der Waals surface area contributed by atoms with E-state index in [0.29, 0.717) is 17.8 Å². The molecule has 1 saturated heterocycles. The van der Waals surface area contributed by atoms with E-state index in [1.807, 2.05) is 6.92 Å². The molecule has 1 aromatic carbocycles. The summed E-state index contributed by atoms with van der Waals surface area (Å²) in [6.45, 7) is 4.24. The second-order valence-electron chi connectivity index (χ2n) is 4.88. The summed E-state index contributed by atoms with van der Waals surface area (Å²) in [6.07, 6.45) is 2.21. The Morgan fingerprint density at radius 1 is 1.29 bits per heavy atom. The predicted octanol–water partition coefficient (Wildman–Crippen LogP) is 1.03. The molecule has 2 rings (SSSR count). The number of carbonyl (C=O) groups excluding carboxylic acids is 2. The molecular formula is C14H21N5O2. The third-order valence-corrected chi connectivity index (χ3v) is 3.42. The van der Waals surface area contributed by atoms with Crippen LogP contribution >= 0.6 is 0 Å². The van der Waals surface area contributed by atoms with E-state index in [1.165, 1.54) is 0 Å². The molecule has 0 radical (unpaired) electrons. The van der Waals surface area contributed by atoms with Crippen molar-refractivity contribution in [1.82, 2.24) is 10.7 Å². The van der Waals surface area contributed by atoms with Crippen molar-refractivity contribution in [1.29, 1.82) is 0 Å². The fourth-order valence-electron chi connectivity index (χ4n) is 2.41. The van der Waals surface area contributed by atoms with Gasteiger partial charge in [-0.2, -0.15) is 0 Å². The van der Waals surface area contributed by atoms with E-state index < -0.39 is 0 Å². The highest BCUT2D eigenvalue weighted by Crippen LogP contribution is 2.30. The summed E-state index contributed by atoms with van der Waals surface area (Å²) in [5.41, 5.74) is 4.13. The summed E-state index contributed by atoms with van der Waals surface area (Å²) < 4.78 is 0. The van der Waals surface area contributed by atoms with E-state index in [1.54, 1.807) is 18.2 Å². The first-order chi connectivity index (χ1) is 10.2. The molecule has 0 spiro atoms. The third-order valence-electron chi connectivity index (χ3n) is 3.42. The Morgan fingerprint density at radius 3 is 2.62 bits per heavy atom. The van der Waals surface area contributed by atoms with Crippen LogP contribution < -0.4 is 26.8 Å². The molecule has 7 heteroatoms. The van der Waals surface area contributed by atoms with Gasteiger partial charge in [-0.3, -0.25) is 10.2 Å². The number of rotatable bonds is 4. The summed E-state index contributed by atoms with van der Waals surface area (Å²) in [5, 5.41) is 5.51. The Labute approximate surface area is 123 Å². The standard InChI is InChI=1S/C14H21N5O2/c1-2-16-14(21)17-11-6-5-10(13(20)18-15)9-12(11)19-7-3-4-8-19/h5-6,9H,2-4,7-8,15H2,1H3,(H,18,20)(H2,16,17,21). The largest absolute Gasteiger partial charge is 0.370 e. The van der Waals surface area contributed by atoms with Gasteiger partial charge < -0.3 is 15.5 Å². The van der Waals surface area contributed by atoms with E-state index in [0.717, 1.165) is 31.6 Å². The van der Waals surface area contributed by atoms with Gasteiger partial charge in [0.1, 0.15) is 0 Å². The molecule has 3 amide bonds. The number of amides is 3. The molecule has 0 atom stereocenters. The zero-order valence-electron chi connectivity index (χ0n) is 12.1. The quantitative estimate of drug-likeness (QED) is 0.378. The van der Waals surface area contributed by atoms with Crippen LogP contribution in [-0.4, -0.2) is 31.6 Å². The lowest BCUT2D eigenvalue weighted by molar-refractivity contribution is 0.0953. The lowest BCUT2D eigenvalue weighted by atomic mass is 10.1. The summed E-state index contributed by atoms with van der Waals surface area (Å²) in [7, 11) is 0. The molecule has 1 heterocycles. The van der Waals surface area contributed by atoms with E-state index >= 15 is 0 Å². The predicted molar refractivity (Wildman–Crippen MR) is 82.2 cm³/mol. The first-order valence-corrected chi connectivity index (χ1v) is 7.10. The van der Waals surface area contributed by atoms with Crippen LogP contribution in [0.4, 0.5) is 16.2 Å². The first-order valence-electron chi connectivity index (χ1n) is 7.10. The highest BCUT2D eigenvalue weighted by Gasteiger charge is 2.18. The average molecular weight is 291 g/mol. The Balaban J connectivity index is 2.29. The van der Waals surface area contributed by atoms with Crippen molar-refractivity contribution >= 4 is 23.3 Å². The summed E-state index contributed by atoms with van der Waals surface area (Å²) in [6, 6.07) is 4.88. The van der Waals surface area contributed by atoms with Crippen LogP contribution in [0.15, 0.2) is 18.2 Å². The van der Waals surface area contributed by atoms with Gasteiger partial charge in [-0.25, -0.2) is 10.6 Å². The minimum Gasteiger partial charge on any atom is -0.370 e. The molecule has 1 aromatic rings. The Morgan fingerprint density at radius 2 is 2.00 bits per heavy atom. The van der Waals surface area contributed by atoms with Gasteiger partial charge in [0.25, 0.3) is 5.91 Å². The van der Waals surface area contributed by atoms with Crippen LogP contribution in [-0.2, 0) is 0 Å². The van der Waals surface area contributed by atoms with Crippen molar-refractivity contribution in [2.45, 2.75) is 19.8 Å². The summed E-state index contributed by atoms with van der Waals surface area (Å²) in [5.74, 6) is 4.83. The molecule has 0 bridgehead atoms.